The molecule has 0 aliphatic heterocycles. The van der Waals surface area contributed by atoms with Crippen LogP contribution in [-0.2, 0) is 6.61 Å². The van der Waals surface area contributed by atoms with Crippen LogP contribution in [-0.4, -0.2) is 20.1 Å². The molecule has 0 saturated heterocycles. The van der Waals surface area contributed by atoms with Gasteiger partial charge >= 0.3 is 0 Å². The zero-order chi connectivity index (χ0) is 15.0. The van der Waals surface area contributed by atoms with Gasteiger partial charge in [0, 0.05) is 10.6 Å². The van der Waals surface area contributed by atoms with Crippen LogP contribution < -0.4 is 5.56 Å². The first-order chi connectivity index (χ1) is 10.1. The number of nitrogens with zero attached hydrogens (tertiary/aromatic N) is 3. The van der Waals surface area contributed by atoms with Gasteiger partial charge in [0.1, 0.15) is 5.52 Å². The first kappa shape index (κ1) is 14.0. The standard InChI is InChI=1S/C14H9Cl2N3O2/c15-9-5-8(7-20)13(11(16)6-9)19-14(21)10-3-1-2-4-12(10)17-18-19/h1-6,20H,7H2. The van der Waals surface area contributed by atoms with Crippen molar-refractivity contribution < 1.29 is 5.11 Å². The summed E-state index contributed by atoms with van der Waals surface area (Å²) >= 11 is 12.1. The molecule has 0 aliphatic carbocycles. The molecule has 1 heterocycles. The largest absolute Gasteiger partial charge is 0.392 e. The molecule has 106 valence electrons. The predicted octanol–water partition coefficient (Wildman–Crippen LogP) is 2.58. The summed E-state index contributed by atoms with van der Waals surface area (Å²) < 4.78 is 1.08. The number of aliphatic hydroxyl groups excluding tert-OH is 1. The second kappa shape index (κ2) is 5.44. The fourth-order valence-corrected chi connectivity index (χ4v) is 2.73. The number of halogens is 2. The first-order valence-corrected chi connectivity index (χ1v) is 6.81. The Kier molecular flexibility index (Phi) is 3.63. The smallest absolute Gasteiger partial charge is 0.282 e. The summed E-state index contributed by atoms with van der Waals surface area (Å²) in [5, 5.41) is 18.3. The first-order valence-electron chi connectivity index (χ1n) is 6.05. The molecule has 0 bridgehead atoms. The molecule has 0 saturated carbocycles. The van der Waals surface area contributed by atoms with Crippen LogP contribution in [0.5, 0.6) is 0 Å². The summed E-state index contributed by atoms with van der Waals surface area (Å²) in [6.07, 6.45) is 0. The van der Waals surface area contributed by atoms with Gasteiger partial charge in [-0.2, -0.15) is 4.68 Å². The van der Waals surface area contributed by atoms with Crippen LogP contribution in [0, 0.1) is 0 Å². The van der Waals surface area contributed by atoms with Crippen LogP contribution in [0.3, 0.4) is 0 Å². The molecule has 2 aromatic carbocycles. The number of benzene rings is 2. The van der Waals surface area contributed by atoms with Gasteiger partial charge in [-0.1, -0.05) is 40.5 Å². The second-order valence-electron chi connectivity index (χ2n) is 4.38. The number of aromatic nitrogens is 3. The van der Waals surface area contributed by atoms with Crippen molar-refractivity contribution >= 4 is 34.1 Å². The van der Waals surface area contributed by atoms with Gasteiger partial charge in [0.15, 0.2) is 0 Å². The van der Waals surface area contributed by atoms with Crippen LogP contribution in [0.15, 0.2) is 41.2 Å². The fourth-order valence-electron chi connectivity index (χ4n) is 2.11. The molecule has 0 amide bonds. The average molecular weight is 322 g/mol. The van der Waals surface area contributed by atoms with Crippen molar-refractivity contribution in [3.8, 4) is 5.69 Å². The maximum absolute atomic E-state index is 12.5. The average Bonchev–Trinajstić information content (AvgIpc) is 2.48. The lowest BCUT2D eigenvalue weighted by Gasteiger charge is -2.11. The van der Waals surface area contributed by atoms with Gasteiger partial charge in [-0.25, -0.2) is 0 Å². The van der Waals surface area contributed by atoms with Gasteiger partial charge in [-0.3, -0.25) is 4.79 Å². The highest BCUT2D eigenvalue weighted by Gasteiger charge is 2.15. The lowest BCUT2D eigenvalue weighted by molar-refractivity contribution is 0.281. The zero-order valence-corrected chi connectivity index (χ0v) is 12.1. The highest BCUT2D eigenvalue weighted by Crippen LogP contribution is 2.27. The molecule has 3 rings (SSSR count). The SMILES string of the molecule is O=c1c2ccccc2nnn1-c1c(Cl)cc(Cl)cc1CO. The number of rotatable bonds is 2. The van der Waals surface area contributed by atoms with Gasteiger partial charge in [-0.05, 0) is 24.3 Å². The van der Waals surface area contributed by atoms with E-state index in [1.165, 1.54) is 12.1 Å². The maximum atomic E-state index is 12.5. The molecule has 0 atom stereocenters. The highest BCUT2D eigenvalue weighted by molar-refractivity contribution is 6.36. The maximum Gasteiger partial charge on any atom is 0.282 e. The second-order valence-corrected chi connectivity index (χ2v) is 5.22. The van der Waals surface area contributed by atoms with E-state index in [1.54, 1.807) is 24.3 Å². The third-order valence-corrected chi connectivity index (χ3v) is 3.56. The number of aliphatic hydroxyl groups is 1. The number of fused-ring (bicyclic) bond motifs is 1. The number of hydrogen-bond donors (Lipinski definition) is 1. The summed E-state index contributed by atoms with van der Waals surface area (Å²) in [6, 6.07) is 9.89. The lowest BCUT2D eigenvalue weighted by Crippen LogP contribution is -2.24. The van der Waals surface area contributed by atoms with Gasteiger partial charge in [0.25, 0.3) is 5.56 Å². The molecular formula is C14H9Cl2N3O2. The van der Waals surface area contributed by atoms with Crippen molar-refractivity contribution in [1.82, 2.24) is 15.0 Å². The van der Waals surface area contributed by atoms with Crippen molar-refractivity contribution in [3.05, 3.63) is 62.4 Å². The van der Waals surface area contributed by atoms with Crippen LogP contribution >= 0.6 is 23.2 Å². The van der Waals surface area contributed by atoms with E-state index in [0.29, 0.717) is 21.5 Å². The Bertz CT molecular complexity index is 893. The Labute approximate surface area is 129 Å². The molecule has 3 aromatic rings. The van der Waals surface area contributed by atoms with Crippen molar-refractivity contribution in [1.29, 1.82) is 0 Å². The lowest BCUT2D eigenvalue weighted by atomic mass is 10.2. The molecule has 0 fully saturated rings. The Morgan fingerprint density at radius 1 is 1.19 bits per heavy atom. The van der Waals surface area contributed by atoms with Crippen molar-refractivity contribution in [2.24, 2.45) is 0 Å². The highest BCUT2D eigenvalue weighted by atomic mass is 35.5. The van der Waals surface area contributed by atoms with Crippen molar-refractivity contribution in [3.63, 3.8) is 0 Å². The molecule has 0 aliphatic rings. The molecule has 0 unspecified atom stereocenters. The third-order valence-electron chi connectivity index (χ3n) is 3.06. The van der Waals surface area contributed by atoms with Gasteiger partial charge in [0.2, 0.25) is 0 Å². The summed E-state index contributed by atoms with van der Waals surface area (Å²) in [7, 11) is 0. The summed E-state index contributed by atoms with van der Waals surface area (Å²) in [5.41, 5.74) is 0.819. The minimum atomic E-state index is -0.362. The molecule has 0 spiro atoms. The van der Waals surface area contributed by atoms with Gasteiger partial charge in [-0.15, -0.1) is 5.10 Å². The van der Waals surface area contributed by atoms with Gasteiger partial charge in [0.05, 0.1) is 22.7 Å². The Hall–Kier alpha value is -1.95. The molecule has 1 aromatic heterocycles. The normalized spacial score (nSPS) is 11.0. The van der Waals surface area contributed by atoms with E-state index in [1.807, 2.05) is 0 Å². The Morgan fingerprint density at radius 2 is 1.95 bits per heavy atom. The molecule has 0 radical (unpaired) electrons. The van der Waals surface area contributed by atoms with E-state index in [9.17, 15) is 9.90 Å². The summed E-state index contributed by atoms with van der Waals surface area (Å²) in [5.74, 6) is 0. The predicted molar refractivity (Wildman–Crippen MR) is 81.1 cm³/mol. The van der Waals surface area contributed by atoms with E-state index >= 15 is 0 Å². The minimum absolute atomic E-state index is 0.221. The van der Waals surface area contributed by atoms with E-state index in [4.69, 9.17) is 23.2 Å². The Morgan fingerprint density at radius 3 is 2.71 bits per heavy atom. The molecule has 5 nitrogen and oxygen atoms in total. The third kappa shape index (κ3) is 2.40. The molecule has 1 N–H and O–H groups in total. The Balaban J connectivity index is 2.36. The van der Waals surface area contributed by atoms with E-state index in [-0.39, 0.29) is 22.9 Å². The van der Waals surface area contributed by atoms with Crippen LogP contribution in [0.2, 0.25) is 10.0 Å². The van der Waals surface area contributed by atoms with E-state index < -0.39 is 0 Å². The van der Waals surface area contributed by atoms with E-state index in [2.05, 4.69) is 10.3 Å². The topological polar surface area (TPSA) is 68.0 Å². The van der Waals surface area contributed by atoms with Crippen molar-refractivity contribution in [2.75, 3.05) is 0 Å². The van der Waals surface area contributed by atoms with Crippen LogP contribution in [0.4, 0.5) is 0 Å². The zero-order valence-electron chi connectivity index (χ0n) is 10.6. The molecule has 21 heavy (non-hydrogen) atoms. The fraction of sp³-hybridized carbons (Fsp3) is 0.0714. The van der Waals surface area contributed by atoms with Crippen molar-refractivity contribution in [2.45, 2.75) is 6.61 Å². The number of hydrogen-bond acceptors (Lipinski definition) is 4. The quantitative estimate of drug-likeness (QED) is 0.787. The monoisotopic (exact) mass is 321 g/mol. The summed E-state index contributed by atoms with van der Waals surface area (Å²) in [4.78, 5) is 12.5. The van der Waals surface area contributed by atoms with Gasteiger partial charge < -0.3 is 5.11 Å². The minimum Gasteiger partial charge on any atom is -0.392 e. The molecular weight excluding hydrogens is 313 g/mol. The molecule has 7 heteroatoms. The van der Waals surface area contributed by atoms with E-state index in [0.717, 1.165) is 4.68 Å². The summed E-state index contributed by atoms with van der Waals surface area (Å²) in [6.45, 7) is -0.323. The van der Waals surface area contributed by atoms with Crippen LogP contribution in [0.25, 0.3) is 16.6 Å². The van der Waals surface area contributed by atoms with Crippen LogP contribution in [0.1, 0.15) is 5.56 Å².